The van der Waals surface area contributed by atoms with Crippen molar-refractivity contribution in [2.45, 2.75) is 13.5 Å². The van der Waals surface area contributed by atoms with Crippen LogP contribution in [-0.2, 0) is 16.2 Å². The Balaban J connectivity index is 1.65. The zero-order valence-corrected chi connectivity index (χ0v) is 17.0. The van der Waals surface area contributed by atoms with E-state index < -0.39 is 0 Å². The van der Waals surface area contributed by atoms with E-state index >= 15 is 0 Å². The van der Waals surface area contributed by atoms with Crippen molar-refractivity contribution < 1.29 is 19.2 Å². The van der Waals surface area contributed by atoms with Gasteiger partial charge in [-0.25, -0.2) is 9.47 Å². The minimum Gasteiger partial charge on any atom is -0.353 e. The van der Waals surface area contributed by atoms with E-state index in [9.17, 15) is 9.70 Å². The third-order valence-corrected chi connectivity index (χ3v) is 4.76. The first-order valence-corrected chi connectivity index (χ1v) is 9.53. The Bertz CT molecular complexity index is 1250. The first kappa shape index (κ1) is 20.0. The van der Waals surface area contributed by atoms with Crippen LogP contribution < -0.4 is 10.6 Å². The Hall–Kier alpha value is -4.27. The predicted octanol–water partition coefficient (Wildman–Crippen LogP) is 4.24. The number of anilines is 2. The van der Waals surface area contributed by atoms with Gasteiger partial charge in [0.2, 0.25) is 11.4 Å². The fourth-order valence-electron chi connectivity index (χ4n) is 3.22. The molecule has 1 heterocycles. The van der Waals surface area contributed by atoms with Gasteiger partial charge in [-0.15, -0.1) is 0 Å². The van der Waals surface area contributed by atoms with Crippen molar-refractivity contribution >= 4 is 34.0 Å². The van der Waals surface area contributed by atoms with Crippen LogP contribution in [0.5, 0.6) is 0 Å². The minimum atomic E-state index is -0.0658. The van der Waals surface area contributed by atoms with Crippen LogP contribution in [0.4, 0.5) is 17.1 Å². The topological polar surface area (TPSA) is 109 Å². The highest BCUT2D eigenvalue weighted by Crippen LogP contribution is 2.34. The largest absolute Gasteiger partial charge is 0.353 e. The summed E-state index contributed by atoms with van der Waals surface area (Å²) in [6.07, 6.45) is 0. The van der Waals surface area contributed by atoms with Crippen molar-refractivity contribution in [1.82, 2.24) is 15.6 Å². The fraction of sp³-hybridized carbons (Fsp3) is 0.136. The number of nitrogens with one attached hydrogen (secondary N) is 2. The summed E-state index contributed by atoms with van der Waals surface area (Å²) in [6.45, 7) is 1.98. The number of hydrogen-bond acceptors (Lipinski definition) is 7. The van der Waals surface area contributed by atoms with Gasteiger partial charge in [0.25, 0.3) is 4.92 Å². The number of para-hydroxylation sites is 1. The Labute approximate surface area is 177 Å². The fourth-order valence-corrected chi connectivity index (χ4v) is 3.22. The lowest BCUT2D eigenvalue weighted by Gasteiger charge is -2.13. The maximum Gasteiger partial charge on any atom is 0.348 e. The van der Waals surface area contributed by atoms with Crippen LogP contribution in [0.2, 0.25) is 0 Å². The van der Waals surface area contributed by atoms with E-state index in [-0.39, 0.29) is 11.6 Å². The maximum absolute atomic E-state index is 11.9. The monoisotopic (exact) mass is 418 g/mol. The molecule has 0 saturated heterocycles. The molecule has 1 amide bonds. The number of hydrogen-bond donors (Lipinski definition) is 2. The summed E-state index contributed by atoms with van der Waals surface area (Å²) >= 11 is 0. The number of amides is 1. The van der Waals surface area contributed by atoms with Crippen molar-refractivity contribution in [2.75, 3.05) is 12.4 Å². The first-order valence-electron chi connectivity index (χ1n) is 9.53. The average molecular weight is 418 g/mol. The summed E-state index contributed by atoms with van der Waals surface area (Å²) in [7, 11) is 1.27. The number of benzene rings is 3. The van der Waals surface area contributed by atoms with Crippen molar-refractivity contribution in [1.29, 1.82) is 0 Å². The van der Waals surface area contributed by atoms with Gasteiger partial charge in [0.05, 0.1) is 10.6 Å². The molecule has 31 heavy (non-hydrogen) atoms. The van der Waals surface area contributed by atoms with E-state index in [1.54, 1.807) is 12.1 Å². The van der Waals surface area contributed by atoms with Gasteiger partial charge in [-0.1, -0.05) is 42.5 Å². The molecule has 9 heteroatoms. The molecule has 0 aliphatic heterocycles. The zero-order valence-electron chi connectivity index (χ0n) is 17.0. The molecule has 2 N–H and O–H groups in total. The maximum atomic E-state index is 11.9. The third-order valence-electron chi connectivity index (χ3n) is 4.76. The number of rotatable bonds is 7. The molecule has 0 bridgehead atoms. The van der Waals surface area contributed by atoms with Crippen LogP contribution in [0.25, 0.3) is 22.2 Å². The zero-order chi connectivity index (χ0) is 21.8. The van der Waals surface area contributed by atoms with Gasteiger partial charge in [0.1, 0.15) is 0 Å². The van der Waals surface area contributed by atoms with E-state index in [0.29, 0.717) is 28.2 Å². The molecule has 0 unspecified atom stereocenters. The van der Waals surface area contributed by atoms with Crippen molar-refractivity contribution in [2.24, 2.45) is 0 Å². The Morgan fingerprint density at radius 2 is 1.74 bits per heavy atom. The quantitative estimate of drug-likeness (QED) is 0.432. The standard InChI is InChI=1S/C22H19N5O4/c1-14(28)23-13-15-7-9-16(10-8-15)17-5-3-4-6-18(17)24-19-11-12-20(27(29)30-2)22-21(19)25-31-26-22/h3-12H,13H2,1-2H3,(H-,23,24,26,28,29)/p+1. The Morgan fingerprint density at radius 3 is 2.48 bits per heavy atom. The number of carbonyl (C=O) groups is 1. The molecule has 3 aromatic carbocycles. The molecule has 0 spiro atoms. The summed E-state index contributed by atoms with van der Waals surface area (Å²) in [5.74, 6) is -0.0658. The Kier molecular flexibility index (Phi) is 5.57. The van der Waals surface area contributed by atoms with Crippen molar-refractivity contribution in [3.8, 4) is 11.1 Å². The molecule has 0 aliphatic rings. The highest BCUT2D eigenvalue weighted by molar-refractivity contribution is 5.96. The molecular weight excluding hydrogens is 398 g/mol. The molecule has 0 aliphatic carbocycles. The molecule has 156 valence electrons. The smallest absolute Gasteiger partial charge is 0.348 e. The summed E-state index contributed by atoms with van der Waals surface area (Å²) < 4.78 is 4.86. The van der Waals surface area contributed by atoms with Gasteiger partial charge in [0.15, 0.2) is 12.6 Å². The number of nitrogens with zero attached hydrogens (tertiary/aromatic N) is 3. The van der Waals surface area contributed by atoms with Gasteiger partial charge in [-0.2, -0.15) is 0 Å². The minimum absolute atomic E-state index is 0.0658. The van der Waals surface area contributed by atoms with Crippen LogP contribution in [-0.4, -0.2) is 28.3 Å². The molecule has 4 rings (SSSR count). The van der Waals surface area contributed by atoms with E-state index in [4.69, 9.17) is 9.47 Å². The number of fused-ring (bicyclic) bond motifs is 1. The second-order valence-electron chi connectivity index (χ2n) is 6.81. The SMILES string of the molecule is CO[N+](=O)c1ccc(Nc2ccccc2-c2ccc(CNC(C)=O)cc2)c2nonc12. The highest BCUT2D eigenvalue weighted by atomic mass is 16.8. The van der Waals surface area contributed by atoms with E-state index in [1.807, 2.05) is 48.5 Å². The predicted molar refractivity (Wildman–Crippen MR) is 115 cm³/mol. The first-order chi connectivity index (χ1) is 15.1. The molecule has 1 aromatic heterocycles. The van der Waals surface area contributed by atoms with Gasteiger partial charge >= 0.3 is 5.69 Å². The second-order valence-corrected chi connectivity index (χ2v) is 6.81. The summed E-state index contributed by atoms with van der Waals surface area (Å²) in [5, 5.41) is 13.9. The second kappa shape index (κ2) is 8.62. The highest BCUT2D eigenvalue weighted by Gasteiger charge is 2.25. The summed E-state index contributed by atoms with van der Waals surface area (Å²) in [4.78, 5) is 28.1. The Morgan fingerprint density at radius 1 is 1.00 bits per heavy atom. The van der Waals surface area contributed by atoms with Gasteiger partial charge in [-0.05, 0) is 33.6 Å². The number of carbonyl (C=O) groups excluding carboxylic acids is 1. The van der Waals surface area contributed by atoms with Crippen LogP contribution in [0, 0.1) is 4.91 Å². The van der Waals surface area contributed by atoms with Gasteiger partial charge < -0.3 is 10.6 Å². The lowest BCUT2D eigenvalue weighted by molar-refractivity contribution is -0.735. The molecule has 0 radical (unpaired) electrons. The summed E-state index contributed by atoms with van der Waals surface area (Å²) in [6, 6.07) is 19.1. The molecule has 0 atom stereocenters. The van der Waals surface area contributed by atoms with Crippen LogP contribution in [0.3, 0.4) is 0 Å². The van der Waals surface area contributed by atoms with Crippen LogP contribution in [0.1, 0.15) is 12.5 Å². The normalized spacial score (nSPS) is 10.6. The lowest BCUT2D eigenvalue weighted by atomic mass is 10.0. The number of aromatic nitrogens is 2. The van der Waals surface area contributed by atoms with E-state index in [0.717, 1.165) is 22.4 Å². The van der Waals surface area contributed by atoms with Gasteiger partial charge in [-0.3, -0.25) is 4.79 Å². The molecule has 4 aromatic rings. The van der Waals surface area contributed by atoms with Gasteiger partial charge in [0, 0.05) is 30.8 Å². The molecule has 9 nitrogen and oxygen atoms in total. The third kappa shape index (κ3) is 4.20. The van der Waals surface area contributed by atoms with E-state index in [2.05, 4.69) is 20.9 Å². The molecule has 0 fully saturated rings. The molecule has 0 saturated carbocycles. The average Bonchev–Trinajstić information content (AvgIpc) is 3.28. The van der Waals surface area contributed by atoms with Crippen LogP contribution >= 0.6 is 0 Å². The van der Waals surface area contributed by atoms with Crippen molar-refractivity contribution in [3.63, 3.8) is 0 Å². The summed E-state index contributed by atoms with van der Waals surface area (Å²) in [5.41, 5.74) is 5.38. The molecular formula is C22H20N5O4+. The van der Waals surface area contributed by atoms with Crippen molar-refractivity contribution in [3.05, 3.63) is 71.1 Å². The lowest BCUT2D eigenvalue weighted by Crippen LogP contribution is -2.18. The van der Waals surface area contributed by atoms with E-state index in [1.165, 1.54) is 14.0 Å². The van der Waals surface area contributed by atoms with Crippen LogP contribution in [0.15, 0.2) is 65.3 Å².